The third-order valence-electron chi connectivity index (χ3n) is 8.24. The number of rotatable bonds is 19. The molecule has 0 aromatic carbocycles. The van der Waals surface area contributed by atoms with Crippen LogP contribution in [0.2, 0.25) is 0 Å². The zero-order chi connectivity index (χ0) is 50.2. The van der Waals surface area contributed by atoms with Crippen LogP contribution < -0.4 is 16.5 Å². The van der Waals surface area contributed by atoms with Gasteiger partial charge >= 0.3 is 0 Å². The number of carbonyl (C=O) groups is 2. The first-order valence-electron chi connectivity index (χ1n) is 22.1. The second-order valence-electron chi connectivity index (χ2n) is 12.8. The van der Waals surface area contributed by atoms with Gasteiger partial charge in [-0.25, -0.2) is 8.78 Å². The number of ether oxygens (including phenoxy) is 1. The molecule has 0 aromatic rings. The molecular formula is C51H98F3N5O3. The van der Waals surface area contributed by atoms with Gasteiger partial charge in [-0.05, 0) is 91.7 Å². The number of unbranched alkanes of at least 4 members (excludes halogenated alkanes) is 3. The number of nitrogens with two attached hydrogens (primary N) is 1. The SMILES string of the molecule is C=C.C=C/C=C\C=C(/C)C(CCCCCC)(C(=O)NCC(F)F)C(/C=C\C)=C/C.C=O.CC.CC.CCN1CCC(NC)CC1.CF.CN(C)N.C\C=C/C=C\C=C(/C)COC. The van der Waals surface area contributed by atoms with Crippen LogP contribution in [-0.4, -0.2) is 103 Å². The Morgan fingerprint density at radius 3 is 1.81 bits per heavy atom. The minimum atomic E-state index is -2.58. The molecule has 1 saturated heterocycles. The molecule has 8 nitrogen and oxygen atoms in total. The van der Waals surface area contributed by atoms with Crippen LogP contribution in [0.15, 0.2) is 109 Å². The molecule has 0 radical (unpaired) electrons. The molecule has 0 saturated carbocycles. The number of alkyl halides is 3. The molecule has 0 aliphatic carbocycles. The summed E-state index contributed by atoms with van der Waals surface area (Å²) in [6.07, 6.45) is 27.5. The summed E-state index contributed by atoms with van der Waals surface area (Å²) in [6, 6.07) is 0.780. The van der Waals surface area contributed by atoms with Crippen molar-refractivity contribution in [2.45, 2.75) is 134 Å². The van der Waals surface area contributed by atoms with Crippen molar-refractivity contribution in [1.82, 2.24) is 20.5 Å². The molecule has 0 bridgehead atoms. The maximum Gasteiger partial charge on any atom is 0.255 e. The highest BCUT2D eigenvalue weighted by Crippen LogP contribution is 2.42. The Morgan fingerprint density at radius 2 is 1.42 bits per heavy atom. The fourth-order valence-electron chi connectivity index (χ4n) is 5.42. The number of amides is 1. The van der Waals surface area contributed by atoms with E-state index in [1.807, 2.05) is 130 Å². The number of hydrogen-bond donors (Lipinski definition) is 3. The van der Waals surface area contributed by atoms with Gasteiger partial charge in [-0.1, -0.05) is 152 Å². The smallest absolute Gasteiger partial charge is 0.255 e. The number of likely N-dealkylation sites (tertiary alicyclic amines) is 1. The highest BCUT2D eigenvalue weighted by atomic mass is 19.3. The average molecular weight is 886 g/mol. The quantitative estimate of drug-likeness (QED) is 0.0390. The first-order chi connectivity index (χ1) is 29.8. The zero-order valence-electron chi connectivity index (χ0n) is 42.7. The molecular weight excluding hydrogens is 788 g/mol. The van der Waals surface area contributed by atoms with Crippen LogP contribution in [0.3, 0.4) is 0 Å². The zero-order valence-corrected chi connectivity index (χ0v) is 42.7. The van der Waals surface area contributed by atoms with E-state index in [0.29, 0.717) is 20.2 Å². The number of hydrogen-bond acceptors (Lipinski definition) is 7. The number of halogens is 3. The molecule has 1 amide bonds. The minimum Gasteiger partial charge on any atom is -0.380 e. The van der Waals surface area contributed by atoms with Gasteiger partial charge in [0.15, 0.2) is 0 Å². The summed E-state index contributed by atoms with van der Waals surface area (Å²) in [5, 5.41) is 7.28. The van der Waals surface area contributed by atoms with Crippen LogP contribution >= 0.6 is 0 Å². The molecule has 1 rings (SSSR count). The van der Waals surface area contributed by atoms with Gasteiger partial charge in [0.05, 0.1) is 25.7 Å². The normalized spacial score (nSPS) is 13.9. The Labute approximate surface area is 382 Å². The Kier molecular flexibility index (Phi) is 78.2. The van der Waals surface area contributed by atoms with E-state index >= 15 is 0 Å². The molecule has 62 heavy (non-hydrogen) atoms. The van der Waals surface area contributed by atoms with Gasteiger partial charge < -0.3 is 25.1 Å². The molecule has 1 aliphatic heterocycles. The number of methoxy groups -OCH3 is 1. The molecule has 366 valence electrons. The van der Waals surface area contributed by atoms with Crippen molar-refractivity contribution in [2.24, 2.45) is 11.3 Å². The topological polar surface area (TPSA) is 99.9 Å². The van der Waals surface area contributed by atoms with Crippen LogP contribution in [0, 0.1) is 5.41 Å². The summed E-state index contributed by atoms with van der Waals surface area (Å²) >= 11 is 0. The standard InChI is InChI=1S/C23H35F2NO.C10H16O.C8H18N2.C2H8N2.2C2H6.C2H4.CH3F.CH2O/c1-6-10-12-14-17-23(20(9-4)15-8-3,19(5)16-13-11-7-2)22(27)26-18-21(24)25;1-4-5-6-7-8-10(2)9-11-3;1-3-10-6-4-8(9-2)5-7-10;1-4(2)3;5*1-2/h7-9,11,13,15-16,21H,2,6,10,12,14,17-18H2,1,3-5H3,(H,26,27);4-8H,9H2,1-3H3;8-9H,3-7H2,1-2H3;3H2,1-2H3;2*1-2H3;1-2H2;1H3;1H2/b13-11-,15-8-,19-16+,20-9+;5-4-,7-6-,10-8+;;;;;;;. The lowest BCUT2D eigenvalue weighted by molar-refractivity contribution is -0.128. The van der Waals surface area contributed by atoms with Crippen molar-refractivity contribution in [3.63, 3.8) is 0 Å². The summed E-state index contributed by atoms with van der Waals surface area (Å²) in [5.74, 6) is 4.58. The van der Waals surface area contributed by atoms with E-state index in [-0.39, 0.29) is 5.91 Å². The second kappa shape index (κ2) is 64.0. The predicted molar refractivity (Wildman–Crippen MR) is 272 cm³/mol. The molecule has 0 spiro atoms. The molecule has 1 heterocycles. The fraction of sp³-hybridized carbons (Fsp3) is 0.608. The fourth-order valence-corrected chi connectivity index (χ4v) is 5.42. The van der Waals surface area contributed by atoms with Gasteiger partial charge in [0.1, 0.15) is 6.79 Å². The Morgan fingerprint density at radius 1 is 0.903 bits per heavy atom. The third kappa shape index (κ3) is 49.0. The van der Waals surface area contributed by atoms with E-state index in [0.717, 1.165) is 42.9 Å². The lowest BCUT2D eigenvalue weighted by Gasteiger charge is -2.35. The van der Waals surface area contributed by atoms with E-state index < -0.39 is 18.4 Å². The third-order valence-corrected chi connectivity index (χ3v) is 8.24. The van der Waals surface area contributed by atoms with Gasteiger partial charge in [-0.15, -0.1) is 13.2 Å². The van der Waals surface area contributed by atoms with Crippen molar-refractivity contribution >= 4 is 12.7 Å². The van der Waals surface area contributed by atoms with E-state index in [2.05, 4.69) is 56.2 Å². The maximum absolute atomic E-state index is 13.2. The molecule has 11 heteroatoms. The van der Waals surface area contributed by atoms with Gasteiger partial charge in [0, 0.05) is 27.2 Å². The Hall–Kier alpha value is -3.61. The minimum absolute atomic E-state index is 0.369. The summed E-state index contributed by atoms with van der Waals surface area (Å²) in [7, 11) is 7.82. The van der Waals surface area contributed by atoms with Crippen LogP contribution in [0.1, 0.15) is 121 Å². The predicted octanol–water partition coefficient (Wildman–Crippen LogP) is 12.6. The van der Waals surface area contributed by atoms with Crippen molar-refractivity contribution in [1.29, 1.82) is 0 Å². The van der Waals surface area contributed by atoms with Crippen LogP contribution in [0.4, 0.5) is 13.2 Å². The number of nitrogens with zero attached hydrogens (tertiary/aromatic N) is 2. The van der Waals surface area contributed by atoms with Crippen molar-refractivity contribution in [2.75, 3.05) is 68.2 Å². The first-order valence-corrected chi connectivity index (χ1v) is 22.1. The largest absolute Gasteiger partial charge is 0.380 e. The second-order valence-corrected chi connectivity index (χ2v) is 12.8. The van der Waals surface area contributed by atoms with E-state index in [1.54, 1.807) is 33.4 Å². The van der Waals surface area contributed by atoms with Gasteiger partial charge in [-0.2, -0.15) is 0 Å². The number of hydrazine groups is 1. The molecule has 4 N–H and O–H groups in total. The van der Waals surface area contributed by atoms with Crippen molar-refractivity contribution < 1.29 is 27.5 Å². The molecule has 1 fully saturated rings. The lowest BCUT2D eigenvalue weighted by atomic mass is 9.69. The molecule has 1 atom stereocenters. The highest BCUT2D eigenvalue weighted by molar-refractivity contribution is 5.90. The highest BCUT2D eigenvalue weighted by Gasteiger charge is 2.41. The summed E-state index contributed by atoms with van der Waals surface area (Å²) < 4.78 is 39.9. The summed E-state index contributed by atoms with van der Waals surface area (Å²) in [4.78, 5) is 23.7. The van der Waals surface area contributed by atoms with Gasteiger partial charge in [0.25, 0.3) is 6.43 Å². The summed E-state index contributed by atoms with van der Waals surface area (Å²) in [6.45, 7) is 37.6. The molecule has 1 unspecified atom stereocenters. The lowest BCUT2D eigenvalue weighted by Crippen LogP contribution is -2.44. The van der Waals surface area contributed by atoms with Crippen LogP contribution in [-0.2, 0) is 14.3 Å². The first kappa shape index (κ1) is 75.7. The van der Waals surface area contributed by atoms with E-state index in [9.17, 15) is 18.0 Å². The number of allylic oxidation sites excluding steroid dienone is 12. The number of nitrogens with one attached hydrogen (secondary N) is 2. The summed E-state index contributed by atoms with van der Waals surface area (Å²) in [5.41, 5.74) is 1.92. The van der Waals surface area contributed by atoms with Gasteiger partial charge in [0.2, 0.25) is 5.91 Å². The van der Waals surface area contributed by atoms with E-state index in [4.69, 9.17) is 15.4 Å². The van der Waals surface area contributed by atoms with Gasteiger partial charge in [-0.3, -0.25) is 20.0 Å². The average Bonchev–Trinajstić information content (AvgIpc) is 3.30. The maximum atomic E-state index is 13.2. The Bertz CT molecular complexity index is 1130. The number of piperidine rings is 1. The number of carbonyl (C=O) groups excluding carboxylic acids is 2. The van der Waals surface area contributed by atoms with Crippen LogP contribution in [0.25, 0.3) is 0 Å². The Balaban J connectivity index is -0.000000114. The molecule has 0 aromatic heterocycles. The van der Waals surface area contributed by atoms with E-state index in [1.165, 1.54) is 43.1 Å². The van der Waals surface area contributed by atoms with Crippen molar-refractivity contribution in [3.05, 3.63) is 109 Å². The van der Waals surface area contributed by atoms with Crippen LogP contribution in [0.5, 0.6) is 0 Å². The monoisotopic (exact) mass is 886 g/mol. The molecule has 1 aliphatic rings. The van der Waals surface area contributed by atoms with Crippen molar-refractivity contribution in [3.8, 4) is 0 Å².